The summed E-state index contributed by atoms with van der Waals surface area (Å²) in [5, 5.41) is 3.01. The molecule has 1 fully saturated rings. The number of hydrogen-bond donors (Lipinski definition) is 2. The molecule has 2 aromatic carbocycles. The number of H-pyrrole nitrogens is 1. The Morgan fingerprint density at radius 1 is 1.13 bits per heavy atom. The van der Waals surface area contributed by atoms with E-state index in [0.717, 1.165) is 39.8 Å². The Hall–Kier alpha value is -4.28. The summed E-state index contributed by atoms with van der Waals surface area (Å²) in [7, 11) is 2.80. The third-order valence-corrected chi connectivity index (χ3v) is 7.44. The van der Waals surface area contributed by atoms with Crippen molar-refractivity contribution < 1.29 is 28.6 Å². The number of anilines is 1. The lowest BCUT2D eigenvalue weighted by Crippen LogP contribution is -2.50. The molecular formula is C28H33N5O6. The molecule has 3 heterocycles. The van der Waals surface area contributed by atoms with Crippen molar-refractivity contribution in [3.63, 3.8) is 0 Å². The van der Waals surface area contributed by atoms with Crippen LogP contribution in [0, 0.1) is 6.92 Å². The lowest BCUT2D eigenvalue weighted by Gasteiger charge is -2.37. The number of rotatable bonds is 6. The third-order valence-electron chi connectivity index (χ3n) is 7.44. The molecule has 2 aliphatic rings. The number of benzene rings is 2. The van der Waals surface area contributed by atoms with Crippen LogP contribution in [0.3, 0.4) is 0 Å². The van der Waals surface area contributed by atoms with Crippen LogP contribution in [0.2, 0.25) is 0 Å². The van der Waals surface area contributed by atoms with Crippen LogP contribution in [-0.4, -0.2) is 83.9 Å². The van der Waals surface area contributed by atoms with Gasteiger partial charge in [-0.3, -0.25) is 0 Å². The highest BCUT2D eigenvalue weighted by atomic mass is 16.6. The number of carbonyl (C=O) groups is 3. The van der Waals surface area contributed by atoms with Crippen LogP contribution >= 0.6 is 0 Å². The van der Waals surface area contributed by atoms with E-state index in [0.29, 0.717) is 38.5 Å². The number of aromatic amines is 1. The predicted molar refractivity (Wildman–Crippen MR) is 144 cm³/mol. The Bertz CT molecular complexity index is 1380. The van der Waals surface area contributed by atoms with E-state index < -0.39 is 18.2 Å². The molecule has 5 rings (SSSR count). The molecule has 11 nitrogen and oxygen atoms in total. The first-order valence-corrected chi connectivity index (χ1v) is 13.1. The molecule has 1 saturated heterocycles. The number of carbonyl (C=O) groups excluding carboxylic acids is 3. The molecule has 1 aromatic heterocycles. The lowest BCUT2D eigenvalue weighted by molar-refractivity contribution is -0.151. The molecule has 1 atom stereocenters. The van der Waals surface area contributed by atoms with Crippen LogP contribution in [0.5, 0.6) is 6.01 Å². The first kappa shape index (κ1) is 26.3. The van der Waals surface area contributed by atoms with Crippen molar-refractivity contribution in [1.29, 1.82) is 0 Å². The molecule has 0 radical (unpaired) electrons. The van der Waals surface area contributed by atoms with Crippen LogP contribution in [0.25, 0.3) is 11.0 Å². The zero-order valence-electron chi connectivity index (χ0n) is 22.4. The van der Waals surface area contributed by atoms with Crippen LogP contribution in [0.15, 0.2) is 36.4 Å². The zero-order valence-corrected chi connectivity index (χ0v) is 22.4. The van der Waals surface area contributed by atoms with E-state index in [1.807, 2.05) is 48.2 Å². The molecule has 3 aromatic rings. The van der Waals surface area contributed by atoms with E-state index in [-0.39, 0.29) is 18.5 Å². The topological polar surface area (TPSA) is 126 Å². The quantitative estimate of drug-likeness (QED) is 0.462. The summed E-state index contributed by atoms with van der Waals surface area (Å²) in [5.74, 6) is -0.626. The SMILES string of the molecule is COC(=O)C(Cc1cc(C)c2nc(OC)[nH]c2c1)OC(=O)N1CCC(N2CCc3ccccc3NC2=O)CC1. The number of aryl methyl sites for hydroxylation is 1. The highest BCUT2D eigenvalue weighted by Crippen LogP contribution is 2.26. The fourth-order valence-corrected chi connectivity index (χ4v) is 5.37. The van der Waals surface area contributed by atoms with E-state index in [4.69, 9.17) is 14.2 Å². The molecule has 3 amide bonds. The Morgan fingerprint density at radius 2 is 1.90 bits per heavy atom. The maximum absolute atomic E-state index is 13.1. The zero-order chi connectivity index (χ0) is 27.5. The van der Waals surface area contributed by atoms with E-state index in [2.05, 4.69) is 15.3 Å². The van der Waals surface area contributed by atoms with Crippen LogP contribution in [0.4, 0.5) is 15.3 Å². The minimum absolute atomic E-state index is 0.0147. The Morgan fingerprint density at radius 3 is 2.64 bits per heavy atom. The number of hydrogen-bond acceptors (Lipinski definition) is 7. The number of likely N-dealkylation sites (tertiary alicyclic amines) is 1. The maximum Gasteiger partial charge on any atom is 0.410 e. The van der Waals surface area contributed by atoms with Gasteiger partial charge >= 0.3 is 18.1 Å². The Balaban J connectivity index is 1.20. The monoisotopic (exact) mass is 535 g/mol. The van der Waals surface area contributed by atoms with Crippen molar-refractivity contribution >= 4 is 34.8 Å². The van der Waals surface area contributed by atoms with Gasteiger partial charge < -0.3 is 34.3 Å². The number of imidazole rings is 1. The summed E-state index contributed by atoms with van der Waals surface area (Å²) in [5.41, 5.74) is 5.19. The number of esters is 1. The average molecular weight is 536 g/mol. The van der Waals surface area contributed by atoms with Crippen molar-refractivity contribution in [2.24, 2.45) is 0 Å². The van der Waals surface area contributed by atoms with Gasteiger partial charge in [-0.1, -0.05) is 24.3 Å². The minimum atomic E-state index is -1.10. The van der Waals surface area contributed by atoms with Gasteiger partial charge in [0.2, 0.25) is 6.10 Å². The van der Waals surface area contributed by atoms with Gasteiger partial charge in [-0.2, -0.15) is 4.98 Å². The highest BCUT2D eigenvalue weighted by Gasteiger charge is 2.33. The maximum atomic E-state index is 13.1. The molecule has 1 unspecified atom stereocenters. The summed E-state index contributed by atoms with van der Waals surface area (Å²) in [6, 6.07) is 11.9. The first-order chi connectivity index (χ1) is 18.9. The average Bonchev–Trinajstić information content (AvgIpc) is 3.29. The van der Waals surface area contributed by atoms with Crippen molar-refractivity contribution in [2.45, 2.75) is 44.8 Å². The number of methoxy groups -OCH3 is 2. The van der Waals surface area contributed by atoms with Crippen LogP contribution in [0.1, 0.15) is 29.5 Å². The number of amides is 3. The summed E-state index contributed by atoms with van der Waals surface area (Å²) in [6.07, 6.45) is 0.503. The number of piperidine rings is 1. The van der Waals surface area contributed by atoms with Gasteiger partial charge in [-0.15, -0.1) is 0 Å². The second-order valence-electron chi connectivity index (χ2n) is 9.90. The van der Waals surface area contributed by atoms with Gasteiger partial charge in [0.1, 0.15) is 0 Å². The molecule has 0 spiro atoms. The van der Waals surface area contributed by atoms with Crippen LogP contribution in [-0.2, 0) is 27.1 Å². The number of ether oxygens (including phenoxy) is 3. The van der Waals surface area contributed by atoms with E-state index in [9.17, 15) is 14.4 Å². The number of fused-ring (bicyclic) bond motifs is 2. The molecule has 11 heteroatoms. The van der Waals surface area contributed by atoms with Crippen LogP contribution < -0.4 is 10.1 Å². The first-order valence-electron chi connectivity index (χ1n) is 13.1. The third kappa shape index (κ3) is 5.62. The number of urea groups is 1. The van der Waals surface area contributed by atoms with E-state index in [1.54, 1.807) is 4.90 Å². The second-order valence-corrected chi connectivity index (χ2v) is 9.90. The fourth-order valence-electron chi connectivity index (χ4n) is 5.37. The fraction of sp³-hybridized carbons (Fsp3) is 0.429. The van der Waals surface area contributed by atoms with Gasteiger partial charge in [0.15, 0.2) is 0 Å². The second kappa shape index (κ2) is 11.2. The van der Waals surface area contributed by atoms with Crippen molar-refractivity contribution in [3.05, 3.63) is 53.1 Å². The van der Waals surface area contributed by atoms with Gasteiger partial charge in [0.05, 0.1) is 25.3 Å². The smallest absolute Gasteiger partial charge is 0.410 e. The van der Waals surface area contributed by atoms with E-state index >= 15 is 0 Å². The summed E-state index contributed by atoms with van der Waals surface area (Å²) in [6.45, 7) is 3.38. The highest BCUT2D eigenvalue weighted by molar-refractivity contribution is 5.91. The van der Waals surface area contributed by atoms with Crippen molar-refractivity contribution in [1.82, 2.24) is 19.8 Å². The summed E-state index contributed by atoms with van der Waals surface area (Å²) in [4.78, 5) is 49.4. The van der Waals surface area contributed by atoms with Crippen molar-refractivity contribution in [2.75, 3.05) is 39.2 Å². The summed E-state index contributed by atoms with van der Waals surface area (Å²) >= 11 is 0. The number of nitrogens with one attached hydrogen (secondary N) is 2. The molecule has 206 valence electrons. The molecule has 2 aliphatic heterocycles. The number of aromatic nitrogens is 2. The van der Waals surface area contributed by atoms with Gasteiger partial charge in [-0.25, -0.2) is 14.4 Å². The lowest BCUT2D eigenvalue weighted by atomic mass is 10.0. The molecule has 39 heavy (non-hydrogen) atoms. The Kier molecular flexibility index (Phi) is 7.58. The molecule has 0 bridgehead atoms. The standard InChI is InChI=1S/C28H33N5O6/c1-17-14-18(15-22-24(17)31-26(29-22)38-3)16-23(25(34)37-2)39-28(36)32-11-9-20(10-12-32)33-13-8-19-6-4-5-7-21(19)30-27(33)35/h4-7,14-15,20,23H,8-13,16H2,1-3H3,(H,29,31)(H,30,35). The van der Waals surface area contributed by atoms with Gasteiger partial charge in [0, 0.05) is 37.8 Å². The Labute approximate surface area is 226 Å². The summed E-state index contributed by atoms with van der Waals surface area (Å²) < 4.78 is 15.8. The largest absolute Gasteiger partial charge is 0.468 e. The molecule has 0 saturated carbocycles. The van der Waals surface area contributed by atoms with Gasteiger partial charge in [0.25, 0.3) is 6.01 Å². The molecular weight excluding hydrogens is 502 g/mol. The number of nitrogens with zero attached hydrogens (tertiary/aromatic N) is 3. The minimum Gasteiger partial charge on any atom is -0.468 e. The molecule has 2 N–H and O–H groups in total. The number of para-hydroxylation sites is 1. The normalized spacial score (nSPS) is 16.7. The van der Waals surface area contributed by atoms with Crippen molar-refractivity contribution in [3.8, 4) is 6.01 Å². The predicted octanol–water partition coefficient (Wildman–Crippen LogP) is 3.66. The van der Waals surface area contributed by atoms with E-state index in [1.165, 1.54) is 14.2 Å². The van der Waals surface area contributed by atoms with Gasteiger partial charge in [-0.05, 0) is 55.0 Å². The molecule has 0 aliphatic carbocycles.